The van der Waals surface area contributed by atoms with Crippen molar-refractivity contribution in [3.8, 4) is 5.88 Å². The summed E-state index contributed by atoms with van der Waals surface area (Å²) in [6.45, 7) is 2.30. The van der Waals surface area contributed by atoms with Crippen molar-refractivity contribution in [3.05, 3.63) is 35.9 Å². The van der Waals surface area contributed by atoms with Crippen molar-refractivity contribution in [2.45, 2.75) is 44.6 Å². The molecule has 2 atom stereocenters. The van der Waals surface area contributed by atoms with E-state index in [1.54, 1.807) is 0 Å². The van der Waals surface area contributed by atoms with Crippen molar-refractivity contribution in [1.82, 2.24) is 4.98 Å². The molecule has 0 bridgehead atoms. The Morgan fingerprint density at radius 2 is 2.15 bits per heavy atom. The maximum Gasteiger partial charge on any atom is 0.214 e. The monoisotopic (exact) mass is 289 g/mol. The van der Waals surface area contributed by atoms with E-state index in [-0.39, 0.29) is 0 Å². The van der Waals surface area contributed by atoms with Crippen LogP contribution >= 0.6 is 11.6 Å². The number of hydrogen-bond donors (Lipinski definition) is 0. The van der Waals surface area contributed by atoms with Gasteiger partial charge in [-0.25, -0.2) is 4.98 Å². The number of pyridine rings is 1. The van der Waals surface area contributed by atoms with Crippen molar-refractivity contribution in [1.29, 1.82) is 0 Å². The van der Waals surface area contributed by atoms with Crippen LogP contribution in [0.5, 0.6) is 5.88 Å². The van der Waals surface area contributed by atoms with Gasteiger partial charge in [-0.05, 0) is 36.8 Å². The average molecular weight is 290 g/mol. The second-order valence-corrected chi connectivity index (χ2v) is 6.05. The minimum Gasteiger partial charge on any atom is -0.474 e. The summed E-state index contributed by atoms with van der Waals surface area (Å²) in [5.74, 6) is 1.96. The molecule has 0 saturated heterocycles. The predicted octanol–water partition coefficient (Wildman–Crippen LogP) is 4.93. The Morgan fingerprint density at radius 1 is 1.30 bits per heavy atom. The fraction of sp³-hybridized carbons (Fsp3) is 0.471. The van der Waals surface area contributed by atoms with E-state index in [1.165, 1.54) is 12.8 Å². The third-order valence-corrected chi connectivity index (χ3v) is 4.39. The van der Waals surface area contributed by atoms with Gasteiger partial charge in [0.15, 0.2) is 0 Å². The standard InChI is InChI=1S/C17H20ClNO/c1-12-5-4-6-14(9-12)20-17-10-13(11-18)15-7-2-3-8-16(15)19-17/h2-3,7-8,10,12,14H,4-6,9,11H2,1H3. The summed E-state index contributed by atoms with van der Waals surface area (Å²) < 4.78 is 6.11. The quantitative estimate of drug-likeness (QED) is 0.747. The van der Waals surface area contributed by atoms with Gasteiger partial charge >= 0.3 is 0 Å². The van der Waals surface area contributed by atoms with Crippen LogP contribution in [-0.2, 0) is 5.88 Å². The van der Waals surface area contributed by atoms with E-state index in [0.717, 1.165) is 41.1 Å². The lowest BCUT2D eigenvalue weighted by Gasteiger charge is -2.27. The van der Waals surface area contributed by atoms with Crippen LogP contribution in [0.4, 0.5) is 0 Å². The maximum atomic E-state index is 6.11. The molecule has 1 fully saturated rings. The van der Waals surface area contributed by atoms with Gasteiger partial charge in [0.05, 0.1) is 5.52 Å². The van der Waals surface area contributed by atoms with Crippen LogP contribution in [0.15, 0.2) is 30.3 Å². The number of alkyl halides is 1. The molecule has 2 aromatic rings. The van der Waals surface area contributed by atoms with Crippen LogP contribution < -0.4 is 4.74 Å². The van der Waals surface area contributed by atoms with Gasteiger partial charge in [-0.2, -0.15) is 0 Å². The molecule has 1 aliphatic carbocycles. The molecule has 0 aliphatic heterocycles. The number of halogens is 1. The van der Waals surface area contributed by atoms with Gasteiger partial charge in [-0.15, -0.1) is 11.6 Å². The van der Waals surface area contributed by atoms with Crippen LogP contribution in [0.25, 0.3) is 10.9 Å². The summed E-state index contributed by atoms with van der Waals surface area (Å²) >= 11 is 6.06. The molecular formula is C17H20ClNO. The lowest BCUT2D eigenvalue weighted by molar-refractivity contribution is 0.124. The molecule has 0 spiro atoms. The van der Waals surface area contributed by atoms with Crippen molar-refractivity contribution < 1.29 is 4.74 Å². The van der Waals surface area contributed by atoms with Gasteiger partial charge in [0.1, 0.15) is 6.10 Å². The number of aromatic nitrogens is 1. The Bertz CT molecular complexity index is 599. The molecule has 0 N–H and O–H groups in total. The van der Waals surface area contributed by atoms with E-state index in [2.05, 4.69) is 18.0 Å². The molecule has 1 heterocycles. The minimum absolute atomic E-state index is 0.301. The van der Waals surface area contributed by atoms with E-state index >= 15 is 0 Å². The molecule has 0 amide bonds. The molecule has 2 nitrogen and oxygen atoms in total. The maximum absolute atomic E-state index is 6.11. The van der Waals surface area contributed by atoms with E-state index in [4.69, 9.17) is 16.3 Å². The number of rotatable bonds is 3. The molecule has 0 radical (unpaired) electrons. The highest BCUT2D eigenvalue weighted by Crippen LogP contribution is 2.29. The second-order valence-electron chi connectivity index (χ2n) is 5.78. The van der Waals surface area contributed by atoms with Gasteiger partial charge in [0, 0.05) is 17.3 Å². The lowest BCUT2D eigenvalue weighted by atomic mass is 9.89. The Kier molecular flexibility index (Phi) is 4.11. The number of nitrogens with zero attached hydrogens (tertiary/aromatic N) is 1. The highest BCUT2D eigenvalue weighted by molar-refractivity contribution is 6.18. The number of benzene rings is 1. The van der Waals surface area contributed by atoms with Crippen molar-refractivity contribution in [3.63, 3.8) is 0 Å². The highest BCUT2D eigenvalue weighted by Gasteiger charge is 2.21. The van der Waals surface area contributed by atoms with Gasteiger partial charge in [0.25, 0.3) is 0 Å². The molecule has 1 saturated carbocycles. The van der Waals surface area contributed by atoms with Crippen molar-refractivity contribution in [2.75, 3.05) is 0 Å². The number of ether oxygens (including phenoxy) is 1. The van der Waals surface area contributed by atoms with E-state index < -0.39 is 0 Å². The van der Waals surface area contributed by atoms with E-state index in [0.29, 0.717) is 12.0 Å². The molecule has 20 heavy (non-hydrogen) atoms. The Hall–Kier alpha value is -1.28. The first-order valence-corrected chi connectivity index (χ1v) is 7.91. The first-order valence-electron chi connectivity index (χ1n) is 7.37. The lowest BCUT2D eigenvalue weighted by Crippen LogP contribution is -2.24. The van der Waals surface area contributed by atoms with E-state index in [1.807, 2.05) is 24.3 Å². The first-order chi connectivity index (χ1) is 9.76. The molecule has 2 unspecified atom stereocenters. The predicted molar refractivity (Wildman–Crippen MR) is 83.3 cm³/mol. The number of fused-ring (bicyclic) bond motifs is 1. The molecule has 3 heteroatoms. The van der Waals surface area contributed by atoms with Gasteiger partial charge < -0.3 is 4.74 Å². The molecule has 1 aromatic heterocycles. The Balaban J connectivity index is 1.87. The summed E-state index contributed by atoms with van der Waals surface area (Å²) in [4.78, 5) is 4.62. The Morgan fingerprint density at radius 3 is 2.95 bits per heavy atom. The van der Waals surface area contributed by atoms with Crippen LogP contribution in [0.1, 0.15) is 38.2 Å². The zero-order valence-electron chi connectivity index (χ0n) is 11.8. The SMILES string of the molecule is CC1CCCC(Oc2cc(CCl)c3ccccc3n2)C1. The van der Waals surface area contributed by atoms with Crippen LogP contribution in [0, 0.1) is 5.92 Å². The topological polar surface area (TPSA) is 22.1 Å². The van der Waals surface area contributed by atoms with Gasteiger partial charge in [0.2, 0.25) is 5.88 Å². The largest absolute Gasteiger partial charge is 0.474 e. The van der Waals surface area contributed by atoms with E-state index in [9.17, 15) is 0 Å². The van der Waals surface area contributed by atoms with Crippen molar-refractivity contribution >= 4 is 22.5 Å². The van der Waals surface area contributed by atoms with Crippen LogP contribution in [-0.4, -0.2) is 11.1 Å². The Labute approximate surface area is 125 Å². The molecular weight excluding hydrogens is 270 g/mol. The summed E-state index contributed by atoms with van der Waals surface area (Å²) in [5, 5.41) is 1.12. The molecule has 1 aromatic carbocycles. The fourth-order valence-corrected chi connectivity index (χ4v) is 3.27. The third-order valence-electron chi connectivity index (χ3n) is 4.10. The molecule has 106 valence electrons. The smallest absolute Gasteiger partial charge is 0.214 e. The van der Waals surface area contributed by atoms with Crippen LogP contribution in [0.2, 0.25) is 0 Å². The average Bonchev–Trinajstić information content (AvgIpc) is 2.46. The normalized spacial score (nSPS) is 22.9. The number of para-hydroxylation sites is 1. The first kappa shape index (κ1) is 13.7. The zero-order chi connectivity index (χ0) is 13.9. The van der Waals surface area contributed by atoms with Crippen molar-refractivity contribution in [2.24, 2.45) is 5.92 Å². The molecule has 1 aliphatic rings. The summed E-state index contributed by atoms with van der Waals surface area (Å²) in [5.41, 5.74) is 2.06. The summed E-state index contributed by atoms with van der Waals surface area (Å²) in [6.07, 6.45) is 5.13. The second kappa shape index (κ2) is 6.01. The number of hydrogen-bond acceptors (Lipinski definition) is 2. The van der Waals surface area contributed by atoms with Gasteiger partial charge in [-0.1, -0.05) is 31.5 Å². The van der Waals surface area contributed by atoms with Gasteiger partial charge in [-0.3, -0.25) is 0 Å². The van der Waals surface area contributed by atoms with Crippen LogP contribution in [0.3, 0.4) is 0 Å². The zero-order valence-corrected chi connectivity index (χ0v) is 12.6. The molecule has 3 rings (SSSR count). The third kappa shape index (κ3) is 2.90. The fourth-order valence-electron chi connectivity index (χ4n) is 3.05. The minimum atomic E-state index is 0.301. The summed E-state index contributed by atoms with van der Waals surface area (Å²) in [7, 11) is 0. The summed E-state index contributed by atoms with van der Waals surface area (Å²) in [6, 6.07) is 10.1. The highest BCUT2D eigenvalue weighted by atomic mass is 35.5.